The van der Waals surface area contributed by atoms with Gasteiger partial charge in [0.05, 0.1) is 12.1 Å². The second kappa shape index (κ2) is 12.9. The number of aryl methyl sites for hydroxylation is 2. The summed E-state index contributed by atoms with van der Waals surface area (Å²) in [6.07, 6.45) is 1.22. The number of esters is 1. The topological polar surface area (TPSA) is 69.4 Å². The van der Waals surface area contributed by atoms with Crippen LogP contribution in [0.3, 0.4) is 0 Å². The zero-order valence-electron chi connectivity index (χ0n) is 15.5. The molecule has 0 bridgehead atoms. The minimum Gasteiger partial charge on any atom is -0.469 e. The minimum absolute atomic E-state index is 0.0960. The molecule has 2 aromatic rings. The minimum atomic E-state index is -0.619. The van der Waals surface area contributed by atoms with Gasteiger partial charge in [-0.05, 0) is 37.1 Å². The predicted octanol–water partition coefficient (Wildman–Crippen LogP) is 4.70. The average Bonchev–Trinajstić information content (AvgIpc) is 2.64. The standard InChI is InChI=1S/C11H14O2.C7H5ClFNO.C2H6/c1-9-4-3-5-10(8-9)6-7-11(12)13-2;8-5-3-4(7(10)11)1-2-6(5)9;1-2/h3-5,8H,6-7H2,1-2H3;1-3H,(H2,10,11);1-2H3. The molecule has 142 valence electrons. The summed E-state index contributed by atoms with van der Waals surface area (Å²) in [7, 11) is 1.42. The van der Waals surface area contributed by atoms with Crippen molar-refractivity contribution in [1.82, 2.24) is 0 Å². The monoisotopic (exact) mass is 381 g/mol. The molecule has 2 N–H and O–H groups in total. The first-order valence-corrected chi connectivity index (χ1v) is 8.58. The van der Waals surface area contributed by atoms with Crippen molar-refractivity contribution in [1.29, 1.82) is 0 Å². The lowest BCUT2D eigenvalue weighted by Gasteiger charge is -2.01. The molecule has 26 heavy (non-hydrogen) atoms. The van der Waals surface area contributed by atoms with E-state index in [1.54, 1.807) is 0 Å². The molecule has 0 aromatic heterocycles. The molecule has 0 spiro atoms. The maximum Gasteiger partial charge on any atom is 0.305 e. The highest BCUT2D eigenvalue weighted by Crippen LogP contribution is 2.15. The molecule has 0 fully saturated rings. The lowest BCUT2D eigenvalue weighted by Crippen LogP contribution is -2.10. The molecule has 6 heteroatoms. The van der Waals surface area contributed by atoms with Crippen molar-refractivity contribution in [3.63, 3.8) is 0 Å². The van der Waals surface area contributed by atoms with Gasteiger partial charge < -0.3 is 10.5 Å². The number of hydrogen-bond acceptors (Lipinski definition) is 3. The van der Waals surface area contributed by atoms with Crippen LogP contribution in [0.5, 0.6) is 0 Å². The van der Waals surface area contributed by atoms with Crippen molar-refractivity contribution in [3.8, 4) is 0 Å². The third-order valence-corrected chi connectivity index (χ3v) is 3.42. The molecule has 4 nitrogen and oxygen atoms in total. The molecular weight excluding hydrogens is 357 g/mol. The normalized spacial score (nSPS) is 9.15. The largest absolute Gasteiger partial charge is 0.469 e. The number of hydrogen-bond donors (Lipinski definition) is 1. The van der Waals surface area contributed by atoms with Gasteiger partial charge in [0.15, 0.2) is 0 Å². The number of carbonyl (C=O) groups excluding carboxylic acids is 2. The Labute approximate surface area is 159 Å². The summed E-state index contributed by atoms with van der Waals surface area (Å²) in [6.45, 7) is 6.04. The van der Waals surface area contributed by atoms with Crippen LogP contribution in [0, 0.1) is 12.7 Å². The van der Waals surface area contributed by atoms with Gasteiger partial charge in [-0.1, -0.05) is 55.3 Å². The van der Waals surface area contributed by atoms with Crippen molar-refractivity contribution < 1.29 is 18.7 Å². The van der Waals surface area contributed by atoms with Gasteiger partial charge in [-0.25, -0.2) is 4.39 Å². The molecule has 0 aliphatic carbocycles. The molecule has 0 unspecified atom stereocenters. The van der Waals surface area contributed by atoms with Gasteiger partial charge >= 0.3 is 5.97 Å². The van der Waals surface area contributed by atoms with Crippen LogP contribution in [0.1, 0.15) is 41.8 Å². The Balaban J connectivity index is 0.000000444. The summed E-state index contributed by atoms with van der Waals surface area (Å²) in [5.41, 5.74) is 7.53. The first-order chi connectivity index (χ1) is 12.3. The van der Waals surface area contributed by atoms with E-state index in [1.807, 2.05) is 39.0 Å². The second-order valence-corrected chi connectivity index (χ2v) is 5.47. The summed E-state index contributed by atoms with van der Waals surface area (Å²) < 4.78 is 17.0. The molecule has 1 amide bonds. The predicted molar refractivity (Wildman–Crippen MR) is 103 cm³/mol. The number of rotatable bonds is 4. The van der Waals surface area contributed by atoms with Crippen LogP contribution >= 0.6 is 11.6 Å². The van der Waals surface area contributed by atoms with E-state index in [0.29, 0.717) is 6.42 Å². The molecule has 0 radical (unpaired) electrons. The quantitative estimate of drug-likeness (QED) is 0.780. The highest BCUT2D eigenvalue weighted by atomic mass is 35.5. The smallest absolute Gasteiger partial charge is 0.305 e. The van der Waals surface area contributed by atoms with E-state index in [9.17, 15) is 14.0 Å². The SMILES string of the molecule is CC.COC(=O)CCc1cccc(C)c1.NC(=O)c1ccc(F)c(Cl)c1. The number of methoxy groups -OCH3 is 1. The lowest BCUT2D eigenvalue weighted by molar-refractivity contribution is -0.140. The van der Waals surface area contributed by atoms with Gasteiger partial charge in [-0.2, -0.15) is 0 Å². The molecule has 0 saturated heterocycles. The Bertz CT molecular complexity index is 720. The Morgan fingerprint density at radius 2 is 1.81 bits per heavy atom. The maximum atomic E-state index is 12.5. The third kappa shape index (κ3) is 9.18. The van der Waals surface area contributed by atoms with Crippen LogP contribution in [0.4, 0.5) is 4.39 Å². The van der Waals surface area contributed by atoms with Crippen molar-refractivity contribution in [2.45, 2.75) is 33.6 Å². The van der Waals surface area contributed by atoms with Crippen molar-refractivity contribution in [3.05, 3.63) is 70.0 Å². The Hall–Kier alpha value is -2.40. The third-order valence-electron chi connectivity index (χ3n) is 3.13. The van der Waals surface area contributed by atoms with Gasteiger partial charge in [0.25, 0.3) is 0 Å². The van der Waals surface area contributed by atoms with E-state index >= 15 is 0 Å². The fraction of sp³-hybridized carbons (Fsp3) is 0.300. The van der Waals surface area contributed by atoms with Crippen molar-refractivity contribution >= 4 is 23.5 Å². The first kappa shape index (κ1) is 23.6. The first-order valence-electron chi connectivity index (χ1n) is 8.20. The zero-order valence-corrected chi connectivity index (χ0v) is 16.3. The average molecular weight is 382 g/mol. The van der Waals surface area contributed by atoms with E-state index in [4.69, 9.17) is 17.3 Å². The van der Waals surface area contributed by atoms with Gasteiger partial charge in [-0.15, -0.1) is 0 Å². The summed E-state index contributed by atoms with van der Waals surface area (Å²) in [6, 6.07) is 11.7. The Morgan fingerprint density at radius 3 is 2.31 bits per heavy atom. The number of primary amides is 1. The number of amides is 1. The van der Waals surface area contributed by atoms with Crippen LogP contribution < -0.4 is 5.73 Å². The Kier molecular flexibility index (Phi) is 11.7. The molecule has 2 aromatic carbocycles. The molecule has 0 heterocycles. The van der Waals surface area contributed by atoms with Crippen LogP contribution in [-0.4, -0.2) is 19.0 Å². The fourth-order valence-corrected chi connectivity index (χ4v) is 2.05. The summed E-state index contributed by atoms with van der Waals surface area (Å²) >= 11 is 5.38. The second-order valence-electron chi connectivity index (χ2n) is 5.06. The summed E-state index contributed by atoms with van der Waals surface area (Å²) in [5.74, 6) is -1.33. The summed E-state index contributed by atoms with van der Waals surface area (Å²) in [5, 5.41) is -0.0960. The van der Waals surface area contributed by atoms with Crippen LogP contribution in [0.2, 0.25) is 5.02 Å². The maximum absolute atomic E-state index is 12.5. The van der Waals surface area contributed by atoms with Crippen molar-refractivity contribution in [2.75, 3.05) is 7.11 Å². The van der Waals surface area contributed by atoms with E-state index in [2.05, 4.69) is 10.8 Å². The number of benzene rings is 2. The van der Waals surface area contributed by atoms with Crippen LogP contribution in [0.15, 0.2) is 42.5 Å². The van der Waals surface area contributed by atoms with E-state index in [0.717, 1.165) is 12.5 Å². The van der Waals surface area contributed by atoms with Crippen molar-refractivity contribution in [2.24, 2.45) is 5.73 Å². The molecule has 0 aliphatic rings. The zero-order chi connectivity index (χ0) is 20.1. The lowest BCUT2D eigenvalue weighted by atomic mass is 10.1. The number of halogens is 2. The van der Waals surface area contributed by atoms with Gasteiger partial charge in [0, 0.05) is 12.0 Å². The molecule has 0 saturated carbocycles. The van der Waals surface area contributed by atoms with Gasteiger partial charge in [0.2, 0.25) is 5.91 Å². The molecule has 0 atom stereocenters. The van der Waals surface area contributed by atoms with E-state index in [1.165, 1.54) is 30.4 Å². The number of ether oxygens (including phenoxy) is 1. The fourth-order valence-electron chi connectivity index (χ4n) is 1.87. The molecular formula is C20H25ClFNO3. The molecule has 2 rings (SSSR count). The number of carbonyl (C=O) groups is 2. The number of nitrogens with two attached hydrogens (primary N) is 1. The Morgan fingerprint density at radius 1 is 1.15 bits per heavy atom. The van der Waals surface area contributed by atoms with Gasteiger partial charge in [0.1, 0.15) is 5.82 Å². The summed E-state index contributed by atoms with van der Waals surface area (Å²) in [4.78, 5) is 21.4. The van der Waals surface area contributed by atoms with E-state index < -0.39 is 11.7 Å². The van der Waals surface area contributed by atoms with E-state index in [-0.39, 0.29) is 16.6 Å². The highest BCUT2D eigenvalue weighted by molar-refractivity contribution is 6.31. The van der Waals surface area contributed by atoms with Crippen LogP contribution in [-0.2, 0) is 16.0 Å². The highest BCUT2D eigenvalue weighted by Gasteiger charge is 2.04. The molecule has 0 aliphatic heterocycles. The van der Waals surface area contributed by atoms with Crippen LogP contribution in [0.25, 0.3) is 0 Å². The van der Waals surface area contributed by atoms with Gasteiger partial charge in [-0.3, -0.25) is 9.59 Å².